The van der Waals surface area contributed by atoms with E-state index in [2.05, 4.69) is 10.3 Å². The minimum atomic E-state index is -1.39. The molecule has 1 aromatic heterocycles. The molecule has 0 amide bonds. The van der Waals surface area contributed by atoms with Crippen LogP contribution in [0.2, 0.25) is 0 Å². The van der Waals surface area contributed by atoms with Crippen LogP contribution in [0.3, 0.4) is 0 Å². The third-order valence-electron chi connectivity index (χ3n) is 6.44. The van der Waals surface area contributed by atoms with Crippen molar-refractivity contribution in [2.24, 2.45) is 5.92 Å². The van der Waals surface area contributed by atoms with E-state index in [9.17, 15) is 14.3 Å². The topological polar surface area (TPSA) is 98.5 Å². The smallest absolute Gasteiger partial charge is 0.354 e. The summed E-state index contributed by atoms with van der Waals surface area (Å²) in [5, 5.41) is 21.9. The monoisotopic (exact) mass is 440 g/mol. The molecule has 2 fully saturated rings. The zero-order chi connectivity index (χ0) is 22.7. The van der Waals surface area contributed by atoms with Crippen LogP contribution in [0.4, 0.5) is 21.6 Å². The van der Waals surface area contributed by atoms with Crippen molar-refractivity contribution in [1.29, 1.82) is 5.41 Å². The lowest BCUT2D eigenvalue weighted by Crippen LogP contribution is -2.45. The first kappa shape index (κ1) is 22.2. The van der Waals surface area contributed by atoms with Crippen molar-refractivity contribution >= 4 is 28.9 Å². The Labute approximate surface area is 187 Å². The average molecular weight is 441 g/mol. The number of methoxy groups -OCH3 is 1. The highest BCUT2D eigenvalue weighted by Crippen LogP contribution is 2.39. The van der Waals surface area contributed by atoms with Gasteiger partial charge in [-0.25, -0.2) is 14.2 Å². The summed E-state index contributed by atoms with van der Waals surface area (Å²) in [6.45, 7) is 0.875. The summed E-state index contributed by atoms with van der Waals surface area (Å²) in [6, 6.07) is 10.9. The third kappa shape index (κ3) is 4.60. The number of alkyl halides is 1. The second-order valence-corrected chi connectivity index (χ2v) is 8.66. The minimum absolute atomic E-state index is 0.0448. The Hall–Kier alpha value is -3.00. The predicted molar refractivity (Wildman–Crippen MR) is 122 cm³/mol. The van der Waals surface area contributed by atoms with Crippen LogP contribution in [-0.4, -0.2) is 54.2 Å². The summed E-state index contributed by atoms with van der Waals surface area (Å²) in [6.07, 6.45) is 3.51. The normalized spacial score (nSPS) is 18.1. The van der Waals surface area contributed by atoms with Gasteiger partial charge in [-0.2, -0.15) is 0 Å². The quantitative estimate of drug-likeness (QED) is 0.517. The van der Waals surface area contributed by atoms with Crippen molar-refractivity contribution in [3.63, 3.8) is 0 Å². The van der Waals surface area contributed by atoms with E-state index in [-0.39, 0.29) is 31.1 Å². The lowest BCUT2D eigenvalue weighted by molar-refractivity contribution is 0.0227. The molecule has 0 unspecified atom stereocenters. The Bertz CT molecular complexity index is 986. The molecule has 2 heterocycles. The molecule has 0 spiro atoms. The number of halogens is 1. The van der Waals surface area contributed by atoms with Gasteiger partial charge < -0.3 is 25.5 Å². The summed E-state index contributed by atoms with van der Waals surface area (Å²) in [5.41, 5.74) is 0.980. The number of aromatic carboxylic acids is 1. The van der Waals surface area contributed by atoms with Crippen LogP contribution >= 0.6 is 0 Å². The molecule has 1 aliphatic carbocycles. The van der Waals surface area contributed by atoms with Gasteiger partial charge in [0, 0.05) is 50.4 Å². The second-order valence-electron chi connectivity index (χ2n) is 8.66. The van der Waals surface area contributed by atoms with Crippen LogP contribution in [0.5, 0.6) is 0 Å². The van der Waals surface area contributed by atoms with Gasteiger partial charge in [0.05, 0.1) is 17.9 Å². The maximum Gasteiger partial charge on any atom is 0.354 e. The zero-order valence-corrected chi connectivity index (χ0v) is 18.2. The molecule has 1 aliphatic heterocycles. The molecular formula is C24H29FN4O3. The standard InChI is InChI=1S/C24H29FN4O3/c1-32-15-24(25)10-12-29(13-11-24)19-14-18(23(30)31)28-22(27-17-8-3-2-4-9-17)20(19)21(26)16-6-5-7-16/h2-4,8-9,14,16,26H,5-7,10-13,15H2,1H3,(H,27,28)(H,30,31). The summed E-state index contributed by atoms with van der Waals surface area (Å²) >= 11 is 0. The molecule has 1 saturated heterocycles. The minimum Gasteiger partial charge on any atom is -0.477 e. The van der Waals surface area contributed by atoms with E-state index in [0.717, 1.165) is 24.9 Å². The number of rotatable bonds is 8. The Morgan fingerprint density at radius 3 is 2.56 bits per heavy atom. The van der Waals surface area contributed by atoms with Gasteiger partial charge in [-0.3, -0.25) is 0 Å². The summed E-state index contributed by atoms with van der Waals surface area (Å²) in [5.74, 6) is -0.654. The summed E-state index contributed by atoms with van der Waals surface area (Å²) in [4.78, 5) is 18.2. The van der Waals surface area contributed by atoms with E-state index in [0.29, 0.717) is 35.9 Å². The van der Waals surface area contributed by atoms with Crippen LogP contribution in [0, 0.1) is 11.3 Å². The van der Waals surface area contributed by atoms with E-state index in [1.165, 1.54) is 13.2 Å². The lowest BCUT2D eigenvalue weighted by atomic mass is 9.78. The van der Waals surface area contributed by atoms with Gasteiger partial charge in [0.25, 0.3) is 0 Å². The number of nitrogens with one attached hydrogen (secondary N) is 2. The number of pyridine rings is 1. The first-order valence-electron chi connectivity index (χ1n) is 11.0. The molecule has 1 aromatic carbocycles. The van der Waals surface area contributed by atoms with Crippen LogP contribution in [0.25, 0.3) is 0 Å². The first-order valence-corrected chi connectivity index (χ1v) is 11.0. The number of ether oxygens (including phenoxy) is 1. The number of nitrogens with zero attached hydrogens (tertiary/aromatic N) is 2. The Morgan fingerprint density at radius 2 is 2.00 bits per heavy atom. The number of carboxylic acid groups (broad SMARTS) is 1. The van der Waals surface area contributed by atoms with E-state index < -0.39 is 11.6 Å². The van der Waals surface area contributed by atoms with Gasteiger partial charge in [-0.05, 0) is 31.0 Å². The molecule has 0 atom stereocenters. The number of carbonyl (C=O) groups is 1. The molecule has 3 N–H and O–H groups in total. The predicted octanol–water partition coefficient (Wildman–Crippen LogP) is 4.65. The molecular weight excluding hydrogens is 411 g/mol. The number of hydrogen-bond acceptors (Lipinski definition) is 6. The van der Waals surface area contributed by atoms with E-state index in [1.807, 2.05) is 35.2 Å². The van der Waals surface area contributed by atoms with Crippen molar-refractivity contribution in [2.75, 3.05) is 37.0 Å². The molecule has 4 rings (SSSR count). The molecule has 2 aromatic rings. The van der Waals surface area contributed by atoms with Crippen LogP contribution in [0.15, 0.2) is 36.4 Å². The van der Waals surface area contributed by atoms with E-state index >= 15 is 0 Å². The number of para-hydroxylation sites is 1. The van der Waals surface area contributed by atoms with Gasteiger partial charge >= 0.3 is 5.97 Å². The lowest BCUT2D eigenvalue weighted by Gasteiger charge is -2.39. The highest BCUT2D eigenvalue weighted by molar-refractivity contribution is 6.10. The molecule has 8 heteroatoms. The fourth-order valence-corrected chi connectivity index (χ4v) is 4.36. The second kappa shape index (κ2) is 9.24. The molecule has 170 valence electrons. The Kier molecular flexibility index (Phi) is 6.41. The van der Waals surface area contributed by atoms with Gasteiger partial charge in [-0.1, -0.05) is 24.6 Å². The van der Waals surface area contributed by atoms with Gasteiger partial charge in [0.15, 0.2) is 5.69 Å². The van der Waals surface area contributed by atoms with Crippen molar-refractivity contribution in [1.82, 2.24) is 4.98 Å². The summed E-state index contributed by atoms with van der Waals surface area (Å²) in [7, 11) is 1.50. The number of piperidine rings is 1. The van der Waals surface area contributed by atoms with E-state index in [4.69, 9.17) is 10.1 Å². The van der Waals surface area contributed by atoms with Crippen molar-refractivity contribution in [3.05, 3.63) is 47.7 Å². The average Bonchev–Trinajstić information content (AvgIpc) is 2.73. The molecule has 32 heavy (non-hydrogen) atoms. The van der Waals surface area contributed by atoms with Crippen LogP contribution < -0.4 is 10.2 Å². The largest absolute Gasteiger partial charge is 0.477 e. The molecule has 7 nitrogen and oxygen atoms in total. The van der Waals surface area contributed by atoms with Gasteiger partial charge in [0.2, 0.25) is 0 Å². The van der Waals surface area contributed by atoms with Gasteiger partial charge in [-0.15, -0.1) is 0 Å². The number of benzene rings is 1. The summed E-state index contributed by atoms with van der Waals surface area (Å²) < 4.78 is 20.0. The number of aromatic nitrogens is 1. The highest BCUT2D eigenvalue weighted by atomic mass is 19.1. The van der Waals surface area contributed by atoms with Crippen molar-refractivity contribution < 1.29 is 19.0 Å². The maximum absolute atomic E-state index is 15.0. The Balaban J connectivity index is 1.76. The van der Waals surface area contributed by atoms with Crippen LogP contribution in [-0.2, 0) is 4.74 Å². The molecule has 1 saturated carbocycles. The van der Waals surface area contributed by atoms with Gasteiger partial charge in [0.1, 0.15) is 11.5 Å². The fraction of sp³-hybridized carbons (Fsp3) is 0.458. The number of anilines is 3. The third-order valence-corrected chi connectivity index (χ3v) is 6.44. The van der Waals surface area contributed by atoms with Crippen LogP contribution in [0.1, 0.15) is 48.2 Å². The number of hydrogen-bond donors (Lipinski definition) is 3. The molecule has 0 radical (unpaired) electrons. The zero-order valence-electron chi connectivity index (χ0n) is 18.2. The maximum atomic E-state index is 15.0. The molecule has 0 bridgehead atoms. The number of carboxylic acids is 1. The van der Waals surface area contributed by atoms with Crippen molar-refractivity contribution in [2.45, 2.75) is 37.8 Å². The first-order chi connectivity index (χ1) is 15.4. The highest BCUT2D eigenvalue weighted by Gasteiger charge is 2.37. The van der Waals surface area contributed by atoms with Crippen molar-refractivity contribution in [3.8, 4) is 0 Å². The Morgan fingerprint density at radius 1 is 1.31 bits per heavy atom. The fourth-order valence-electron chi connectivity index (χ4n) is 4.36. The SMILES string of the molecule is COCC1(F)CCN(c2cc(C(=O)O)nc(Nc3ccccc3)c2C(=N)C2CCC2)CC1. The molecule has 2 aliphatic rings. The van der Waals surface area contributed by atoms with E-state index in [1.54, 1.807) is 0 Å².